The van der Waals surface area contributed by atoms with Crippen LogP contribution < -0.4 is 15.9 Å². The third kappa shape index (κ3) is 4.78. The Bertz CT molecular complexity index is 755. The van der Waals surface area contributed by atoms with Gasteiger partial charge in [-0.3, -0.25) is 14.9 Å². The number of benzene rings is 1. The van der Waals surface area contributed by atoms with Crippen LogP contribution in [0.3, 0.4) is 0 Å². The topological polar surface area (TPSA) is 115 Å². The molecule has 126 valence electrons. The van der Waals surface area contributed by atoms with E-state index in [0.717, 1.165) is 11.3 Å². The second-order valence-corrected chi connectivity index (χ2v) is 5.24. The van der Waals surface area contributed by atoms with Crippen LogP contribution in [0, 0.1) is 0 Å². The molecule has 0 bridgehead atoms. The Morgan fingerprint density at radius 2 is 2.21 bits per heavy atom. The van der Waals surface area contributed by atoms with Gasteiger partial charge in [0.25, 0.3) is 0 Å². The third-order valence-corrected chi connectivity index (χ3v) is 3.18. The predicted octanol–water partition coefficient (Wildman–Crippen LogP) is 1.20. The number of hydrazone groups is 1. The van der Waals surface area contributed by atoms with E-state index in [0.29, 0.717) is 11.3 Å². The average Bonchev–Trinajstić information content (AvgIpc) is 2.96. The lowest BCUT2D eigenvalue weighted by Crippen LogP contribution is -2.24. The zero-order valence-corrected chi connectivity index (χ0v) is 13.8. The van der Waals surface area contributed by atoms with E-state index in [4.69, 9.17) is 27.8 Å². The van der Waals surface area contributed by atoms with Crippen molar-refractivity contribution in [1.82, 2.24) is 15.2 Å². The molecular formula is C15H17N5O3S. The maximum atomic E-state index is 10.7. The molecule has 0 fully saturated rings. The third-order valence-electron chi connectivity index (χ3n) is 3.09. The molecule has 0 saturated heterocycles. The quantitative estimate of drug-likeness (QED) is 0.392. The molecular weight excluding hydrogens is 330 g/mol. The number of nitrogens with two attached hydrogens (primary N) is 1. The number of aliphatic carboxylic acids is 1. The van der Waals surface area contributed by atoms with Crippen molar-refractivity contribution in [1.29, 1.82) is 0 Å². The van der Waals surface area contributed by atoms with Gasteiger partial charge in [0.2, 0.25) is 0 Å². The van der Waals surface area contributed by atoms with Crippen molar-refractivity contribution >= 4 is 29.5 Å². The van der Waals surface area contributed by atoms with Crippen molar-refractivity contribution < 1.29 is 14.6 Å². The molecule has 0 radical (unpaired) electrons. The fourth-order valence-electron chi connectivity index (χ4n) is 1.99. The van der Waals surface area contributed by atoms with Crippen LogP contribution in [-0.2, 0) is 11.3 Å². The molecule has 24 heavy (non-hydrogen) atoms. The highest BCUT2D eigenvalue weighted by Gasteiger charge is 2.11. The molecule has 0 atom stereocenters. The van der Waals surface area contributed by atoms with Crippen LogP contribution in [0.25, 0.3) is 11.3 Å². The normalized spacial score (nSPS) is 10.7. The fraction of sp³-hybridized carbons (Fsp3) is 0.200. The van der Waals surface area contributed by atoms with Crippen molar-refractivity contribution in [3.63, 3.8) is 0 Å². The van der Waals surface area contributed by atoms with Gasteiger partial charge in [-0.1, -0.05) is 0 Å². The van der Waals surface area contributed by atoms with Gasteiger partial charge in [0, 0.05) is 17.3 Å². The lowest BCUT2D eigenvalue weighted by Gasteiger charge is -2.02. The van der Waals surface area contributed by atoms with E-state index in [9.17, 15) is 4.79 Å². The number of carboxylic acid groups (broad SMARTS) is 1. The fourth-order valence-corrected chi connectivity index (χ4v) is 2.05. The van der Waals surface area contributed by atoms with E-state index in [-0.39, 0.29) is 18.1 Å². The number of aryl methyl sites for hydroxylation is 1. The molecule has 0 aliphatic rings. The second-order valence-electron chi connectivity index (χ2n) is 4.80. The molecule has 0 unspecified atom stereocenters. The van der Waals surface area contributed by atoms with Gasteiger partial charge in [0.1, 0.15) is 11.4 Å². The number of carbonyl (C=O) groups is 1. The van der Waals surface area contributed by atoms with Crippen LogP contribution in [0.2, 0.25) is 0 Å². The number of hydrogen-bond acceptors (Lipinski definition) is 5. The maximum absolute atomic E-state index is 10.7. The summed E-state index contributed by atoms with van der Waals surface area (Å²) in [5.41, 5.74) is 10.0. The van der Waals surface area contributed by atoms with E-state index in [2.05, 4.69) is 15.6 Å². The molecule has 0 saturated carbocycles. The lowest BCUT2D eigenvalue weighted by molar-refractivity contribution is -0.137. The van der Waals surface area contributed by atoms with Crippen LogP contribution in [0.5, 0.6) is 5.75 Å². The summed E-state index contributed by atoms with van der Waals surface area (Å²) >= 11 is 4.69. The Kier molecular flexibility index (Phi) is 5.85. The van der Waals surface area contributed by atoms with Gasteiger partial charge in [0.15, 0.2) is 5.11 Å². The van der Waals surface area contributed by atoms with Crippen molar-refractivity contribution in [2.45, 2.75) is 13.0 Å². The Morgan fingerprint density at radius 1 is 1.50 bits per heavy atom. The molecule has 0 spiro atoms. The first kappa shape index (κ1) is 17.4. The van der Waals surface area contributed by atoms with Crippen molar-refractivity contribution in [3.05, 3.63) is 36.0 Å². The van der Waals surface area contributed by atoms with E-state index < -0.39 is 5.97 Å². The van der Waals surface area contributed by atoms with Crippen LogP contribution >= 0.6 is 12.2 Å². The van der Waals surface area contributed by atoms with Gasteiger partial charge in [-0.05, 0) is 36.5 Å². The number of aromatic nitrogens is 2. The first-order valence-electron chi connectivity index (χ1n) is 7.02. The van der Waals surface area contributed by atoms with E-state index >= 15 is 0 Å². The molecule has 0 aliphatic carbocycles. The minimum atomic E-state index is -0.887. The molecule has 1 aromatic heterocycles. The summed E-state index contributed by atoms with van der Waals surface area (Å²) < 4.78 is 6.71. The lowest BCUT2D eigenvalue weighted by atomic mass is 10.1. The van der Waals surface area contributed by atoms with Gasteiger partial charge in [-0.25, -0.2) is 0 Å². The number of thiocarbonyl (C=S) groups is 1. The number of methoxy groups -OCH3 is 1. The Hall–Kier alpha value is -2.94. The Labute approximate surface area is 143 Å². The van der Waals surface area contributed by atoms with E-state index in [1.165, 1.54) is 6.21 Å². The van der Waals surface area contributed by atoms with Crippen molar-refractivity contribution in [2.24, 2.45) is 10.8 Å². The Balaban J connectivity index is 2.32. The smallest absolute Gasteiger partial charge is 0.305 e. The molecule has 8 nitrogen and oxygen atoms in total. The summed E-state index contributed by atoms with van der Waals surface area (Å²) in [6.45, 7) is 0.259. The monoisotopic (exact) mass is 347 g/mol. The summed E-state index contributed by atoms with van der Waals surface area (Å²) in [4.78, 5) is 10.7. The van der Waals surface area contributed by atoms with Crippen LogP contribution in [0.1, 0.15) is 12.0 Å². The molecule has 2 rings (SSSR count). The molecule has 1 aromatic carbocycles. The highest BCUT2D eigenvalue weighted by Crippen LogP contribution is 2.23. The van der Waals surface area contributed by atoms with E-state index in [1.54, 1.807) is 18.0 Å². The second kappa shape index (κ2) is 8.06. The number of rotatable bonds is 7. The van der Waals surface area contributed by atoms with Crippen molar-refractivity contribution in [3.8, 4) is 17.0 Å². The molecule has 4 N–H and O–H groups in total. The minimum absolute atomic E-state index is 0.0224. The standard InChI is InChI=1S/C15H17N5O3S/c1-23-12-4-2-10(3-5-12)14-11(8-17-18-15(16)24)9-20(19-14)7-6-13(21)22/h2-5,8-9H,6-7H2,1H3,(H,21,22)(H3,16,18,24)/b17-8-. The zero-order valence-electron chi connectivity index (χ0n) is 13.0. The highest BCUT2D eigenvalue weighted by molar-refractivity contribution is 7.80. The minimum Gasteiger partial charge on any atom is -0.497 e. The van der Waals surface area contributed by atoms with Crippen LogP contribution in [-0.4, -0.2) is 39.3 Å². The number of nitrogens with zero attached hydrogens (tertiary/aromatic N) is 3. The summed E-state index contributed by atoms with van der Waals surface area (Å²) in [5, 5.41) is 17.2. The van der Waals surface area contributed by atoms with Crippen LogP contribution in [0.15, 0.2) is 35.6 Å². The number of carboxylic acids is 1. The summed E-state index contributed by atoms with van der Waals surface area (Å²) in [7, 11) is 1.59. The van der Waals surface area contributed by atoms with Gasteiger partial charge in [0.05, 0.1) is 26.3 Å². The Morgan fingerprint density at radius 3 is 2.79 bits per heavy atom. The first-order chi connectivity index (χ1) is 11.5. The average molecular weight is 347 g/mol. The van der Waals surface area contributed by atoms with Crippen LogP contribution in [0.4, 0.5) is 0 Å². The number of nitrogens with one attached hydrogen (secondary N) is 1. The zero-order chi connectivity index (χ0) is 17.5. The summed E-state index contributed by atoms with van der Waals surface area (Å²) in [5.74, 6) is -0.156. The molecule has 0 aliphatic heterocycles. The molecule has 2 aromatic rings. The first-order valence-corrected chi connectivity index (χ1v) is 7.42. The maximum Gasteiger partial charge on any atom is 0.305 e. The number of hydrogen-bond donors (Lipinski definition) is 3. The van der Waals surface area contributed by atoms with Crippen molar-refractivity contribution in [2.75, 3.05) is 7.11 Å². The largest absolute Gasteiger partial charge is 0.497 e. The van der Waals surface area contributed by atoms with E-state index in [1.807, 2.05) is 24.3 Å². The summed E-state index contributed by atoms with van der Waals surface area (Å²) in [6.07, 6.45) is 3.22. The van der Waals surface area contributed by atoms with Gasteiger partial charge >= 0.3 is 5.97 Å². The molecule has 1 heterocycles. The number of ether oxygens (including phenoxy) is 1. The molecule has 0 amide bonds. The van der Waals surface area contributed by atoms with Gasteiger partial charge < -0.3 is 15.6 Å². The molecule has 9 heteroatoms. The van der Waals surface area contributed by atoms with Gasteiger partial charge in [-0.15, -0.1) is 0 Å². The predicted molar refractivity (Wildman–Crippen MR) is 94.0 cm³/mol. The van der Waals surface area contributed by atoms with Gasteiger partial charge in [-0.2, -0.15) is 10.2 Å². The highest BCUT2D eigenvalue weighted by atomic mass is 32.1. The SMILES string of the molecule is COc1ccc(-c2nn(CCC(=O)O)cc2/C=N\NC(N)=S)cc1. The summed E-state index contributed by atoms with van der Waals surface area (Å²) in [6, 6.07) is 7.36.